The molecule has 98 valence electrons. The summed E-state index contributed by atoms with van der Waals surface area (Å²) in [6.07, 6.45) is 10.0. The van der Waals surface area contributed by atoms with Crippen molar-refractivity contribution in [3.63, 3.8) is 0 Å². The molecule has 0 radical (unpaired) electrons. The van der Waals surface area contributed by atoms with Gasteiger partial charge in [-0.2, -0.15) is 0 Å². The van der Waals surface area contributed by atoms with Gasteiger partial charge < -0.3 is 10.8 Å². The molecular weight excluding hydrogens is 214 g/mol. The average molecular weight is 239 g/mol. The molecule has 2 aliphatic rings. The first-order chi connectivity index (χ1) is 8.18. The van der Waals surface area contributed by atoms with E-state index in [2.05, 4.69) is 0 Å². The van der Waals surface area contributed by atoms with E-state index in [1.165, 1.54) is 38.5 Å². The second-order valence-corrected chi connectivity index (χ2v) is 5.92. The van der Waals surface area contributed by atoms with Gasteiger partial charge in [0.25, 0.3) is 0 Å². The normalized spacial score (nSPS) is 35.4. The number of carbonyl (C=O) groups is 1. The molecule has 0 spiro atoms. The first-order valence-electron chi connectivity index (χ1n) is 7.16. The predicted octanol–water partition coefficient (Wildman–Crippen LogP) is 2.79. The largest absolute Gasteiger partial charge is 0.481 e. The zero-order valence-corrected chi connectivity index (χ0v) is 10.6. The third kappa shape index (κ3) is 3.21. The number of carboxylic acids is 1. The molecule has 0 aliphatic heterocycles. The van der Waals surface area contributed by atoms with Gasteiger partial charge >= 0.3 is 5.97 Å². The second kappa shape index (κ2) is 5.85. The lowest BCUT2D eigenvalue weighted by atomic mass is 9.81. The molecule has 0 aromatic heterocycles. The van der Waals surface area contributed by atoms with Gasteiger partial charge in [-0.15, -0.1) is 0 Å². The van der Waals surface area contributed by atoms with Gasteiger partial charge in [0.05, 0.1) is 0 Å². The molecule has 4 unspecified atom stereocenters. The summed E-state index contributed by atoms with van der Waals surface area (Å²) in [5, 5.41) is 8.53. The molecule has 3 nitrogen and oxygen atoms in total. The van der Waals surface area contributed by atoms with E-state index >= 15 is 0 Å². The van der Waals surface area contributed by atoms with Crippen LogP contribution in [0.3, 0.4) is 0 Å². The zero-order chi connectivity index (χ0) is 12.3. The van der Waals surface area contributed by atoms with Crippen LogP contribution in [0, 0.1) is 17.8 Å². The lowest BCUT2D eigenvalue weighted by molar-refractivity contribution is -0.137. The van der Waals surface area contributed by atoms with Gasteiger partial charge in [0.2, 0.25) is 0 Å². The number of rotatable bonds is 7. The van der Waals surface area contributed by atoms with Gasteiger partial charge in [-0.1, -0.05) is 19.3 Å². The van der Waals surface area contributed by atoms with Gasteiger partial charge in [0.1, 0.15) is 0 Å². The lowest BCUT2D eigenvalue weighted by Crippen LogP contribution is -2.35. The van der Waals surface area contributed by atoms with Crippen molar-refractivity contribution in [3.05, 3.63) is 0 Å². The molecule has 3 heteroatoms. The molecule has 0 amide bonds. The summed E-state index contributed by atoms with van der Waals surface area (Å²) < 4.78 is 0. The molecule has 4 atom stereocenters. The Morgan fingerprint density at radius 3 is 2.47 bits per heavy atom. The van der Waals surface area contributed by atoms with Crippen molar-refractivity contribution < 1.29 is 9.90 Å². The van der Waals surface area contributed by atoms with Crippen molar-refractivity contribution in [3.8, 4) is 0 Å². The minimum absolute atomic E-state index is 0.327. The highest BCUT2D eigenvalue weighted by atomic mass is 16.4. The second-order valence-electron chi connectivity index (χ2n) is 5.92. The third-order valence-electron chi connectivity index (χ3n) is 4.84. The Hall–Kier alpha value is -0.570. The molecule has 0 saturated heterocycles. The van der Waals surface area contributed by atoms with Crippen LogP contribution < -0.4 is 5.73 Å². The van der Waals surface area contributed by atoms with Crippen molar-refractivity contribution in [1.82, 2.24) is 0 Å². The van der Waals surface area contributed by atoms with Crippen LogP contribution in [0.5, 0.6) is 0 Å². The Morgan fingerprint density at radius 1 is 1.12 bits per heavy atom. The maximum atomic E-state index is 10.4. The SMILES string of the molecule is NC1C2CCC(C2)C1CCCCCCC(=O)O. The number of nitrogens with two attached hydrogens (primary N) is 1. The van der Waals surface area contributed by atoms with Gasteiger partial charge in [0, 0.05) is 12.5 Å². The van der Waals surface area contributed by atoms with Crippen LogP contribution in [-0.4, -0.2) is 17.1 Å². The fourth-order valence-corrected chi connectivity index (χ4v) is 3.89. The van der Waals surface area contributed by atoms with Gasteiger partial charge in [-0.25, -0.2) is 0 Å². The number of hydrogen-bond acceptors (Lipinski definition) is 2. The number of fused-ring (bicyclic) bond motifs is 2. The predicted molar refractivity (Wildman–Crippen MR) is 67.6 cm³/mol. The molecule has 2 fully saturated rings. The van der Waals surface area contributed by atoms with E-state index in [-0.39, 0.29) is 0 Å². The zero-order valence-electron chi connectivity index (χ0n) is 10.6. The summed E-state index contributed by atoms with van der Waals surface area (Å²) >= 11 is 0. The van der Waals surface area contributed by atoms with Crippen LogP contribution in [0.25, 0.3) is 0 Å². The van der Waals surface area contributed by atoms with E-state index in [1.54, 1.807) is 0 Å². The molecule has 0 aromatic rings. The first-order valence-corrected chi connectivity index (χ1v) is 7.16. The molecular formula is C14H25NO2. The van der Waals surface area contributed by atoms with Crippen LogP contribution in [-0.2, 0) is 4.79 Å². The Balaban J connectivity index is 1.55. The van der Waals surface area contributed by atoms with E-state index < -0.39 is 5.97 Å². The third-order valence-corrected chi connectivity index (χ3v) is 4.84. The minimum Gasteiger partial charge on any atom is -0.481 e. The van der Waals surface area contributed by atoms with E-state index in [4.69, 9.17) is 10.8 Å². The highest BCUT2D eigenvalue weighted by Gasteiger charge is 2.44. The van der Waals surface area contributed by atoms with E-state index in [9.17, 15) is 4.79 Å². The summed E-state index contributed by atoms with van der Waals surface area (Å²) in [5.74, 6) is 1.83. The van der Waals surface area contributed by atoms with Crippen molar-refractivity contribution in [2.24, 2.45) is 23.5 Å². The Labute approximate surface area is 104 Å². The maximum absolute atomic E-state index is 10.4. The van der Waals surface area contributed by atoms with Gasteiger partial charge in [-0.05, 0) is 49.9 Å². The molecule has 0 heterocycles. The molecule has 2 saturated carbocycles. The van der Waals surface area contributed by atoms with E-state index in [0.717, 1.165) is 30.6 Å². The Morgan fingerprint density at radius 2 is 1.82 bits per heavy atom. The summed E-state index contributed by atoms with van der Waals surface area (Å²) in [4.78, 5) is 10.4. The molecule has 2 aliphatic carbocycles. The highest BCUT2D eigenvalue weighted by Crippen LogP contribution is 2.49. The average Bonchev–Trinajstić information content (AvgIpc) is 2.85. The van der Waals surface area contributed by atoms with Crippen LogP contribution in [0.4, 0.5) is 0 Å². The highest BCUT2D eigenvalue weighted by molar-refractivity contribution is 5.66. The molecule has 3 N–H and O–H groups in total. The number of carboxylic acid groups (broad SMARTS) is 1. The number of hydrogen-bond donors (Lipinski definition) is 2. The minimum atomic E-state index is -0.667. The van der Waals surface area contributed by atoms with Crippen molar-refractivity contribution >= 4 is 5.97 Å². The molecule has 2 rings (SSSR count). The fourth-order valence-electron chi connectivity index (χ4n) is 3.89. The summed E-state index contributed by atoms with van der Waals surface area (Å²) in [6.45, 7) is 0. The summed E-state index contributed by atoms with van der Waals surface area (Å²) in [6, 6.07) is 0.466. The van der Waals surface area contributed by atoms with Crippen molar-refractivity contribution in [1.29, 1.82) is 0 Å². The summed E-state index contributed by atoms with van der Waals surface area (Å²) in [5.41, 5.74) is 6.27. The van der Waals surface area contributed by atoms with Crippen molar-refractivity contribution in [2.75, 3.05) is 0 Å². The van der Waals surface area contributed by atoms with Crippen molar-refractivity contribution in [2.45, 2.75) is 63.8 Å². The Bertz CT molecular complexity index is 265. The molecule has 0 aromatic carbocycles. The van der Waals surface area contributed by atoms with E-state index in [0.29, 0.717) is 12.5 Å². The molecule has 2 bridgehead atoms. The van der Waals surface area contributed by atoms with Crippen LogP contribution in [0.1, 0.15) is 57.8 Å². The van der Waals surface area contributed by atoms with Crippen LogP contribution in [0.15, 0.2) is 0 Å². The maximum Gasteiger partial charge on any atom is 0.303 e. The smallest absolute Gasteiger partial charge is 0.303 e. The van der Waals surface area contributed by atoms with Crippen LogP contribution in [0.2, 0.25) is 0 Å². The van der Waals surface area contributed by atoms with Gasteiger partial charge in [-0.3, -0.25) is 4.79 Å². The topological polar surface area (TPSA) is 63.3 Å². The van der Waals surface area contributed by atoms with Crippen LogP contribution >= 0.6 is 0 Å². The standard InChI is InChI=1S/C14H25NO2/c15-14-11-8-7-10(9-11)12(14)5-3-1-2-4-6-13(16)17/h10-12,14H,1-9,15H2,(H,16,17). The monoisotopic (exact) mass is 239 g/mol. The first kappa shape index (κ1) is 12.9. The molecule has 17 heavy (non-hydrogen) atoms. The number of unbranched alkanes of at least 4 members (excludes halogenated alkanes) is 3. The Kier molecular flexibility index (Phi) is 4.43. The quantitative estimate of drug-likeness (QED) is 0.671. The lowest BCUT2D eigenvalue weighted by Gasteiger charge is -2.28. The summed E-state index contributed by atoms with van der Waals surface area (Å²) in [7, 11) is 0. The number of aliphatic carboxylic acids is 1. The van der Waals surface area contributed by atoms with Gasteiger partial charge in [0.15, 0.2) is 0 Å². The fraction of sp³-hybridized carbons (Fsp3) is 0.929. The van der Waals surface area contributed by atoms with E-state index in [1.807, 2.05) is 0 Å².